The lowest BCUT2D eigenvalue weighted by molar-refractivity contribution is -0.119. The van der Waals surface area contributed by atoms with E-state index in [0.29, 0.717) is 26.1 Å². The van der Waals surface area contributed by atoms with Gasteiger partial charge in [0.2, 0.25) is 0 Å². The van der Waals surface area contributed by atoms with Gasteiger partial charge in [0.25, 0.3) is 0 Å². The molecule has 0 saturated carbocycles. The van der Waals surface area contributed by atoms with Gasteiger partial charge >= 0.3 is 0 Å². The van der Waals surface area contributed by atoms with Gasteiger partial charge in [-0.3, -0.25) is 4.84 Å². The van der Waals surface area contributed by atoms with Gasteiger partial charge in [-0.05, 0) is 20.3 Å². The Bertz CT molecular complexity index is 144. The summed E-state index contributed by atoms with van der Waals surface area (Å²) in [6.07, 6.45) is 0.284. The van der Waals surface area contributed by atoms with Crippen molar-refractivity contribution in [1.82, 2.24) is 5.06 Å². The van der Waals surface area contributed by atoms with Crippen LogP contribution < -0.4 is 0 Å². The van der Waals surface area contributed by atoms with E-state index in [1.54, 1.807) is 18.9 Å². The molecule has 12 heavy (non-hydrogen) atoms. The Morgan fingerprint density at radius 1 is 1.58 bits per heavy atom. The number of rotatable bonds is 3. The maximum absolute atomic E-state index is 9.40. The Hall–Kier alpha value is -0.160. The van der Waals surface area contributed by atoms with E-state index < -0.39 is 5.60 Å². The number of aliphatic hydroxyl groups excluding tert-OH is 1. The van der Waals surface area contributed by atoms with Crippen LogP contribution in [0, 0.1) is 0 Å². The van der Waals surface area contributed by atoms with Gasteiger partial charge in [-0.25, -0.2) is 0 Å². The zero-order chi connectivity index (χ0) is 9.19. The van der Waals surface area contributed by atoms with E-state index >= 15 is 0 Å². The van der Waals surface area contributed by atoms with Gasteiger partial charge in [-0.1, -0.05) is 0 Å². The fourth-order valence-electron chi connectivity index (χ4n) is 1.09. The van der Waals surface area contributed by atoms with Gasteiger partial charge in [0.05, 0.1) is 24.9 Å². The van der Waals surface area contributed by atoms with Gasteiger partial charge in [-0.2, -0.15) is 5.06 Å². The van der Waals surface area contributed by atoms with Crippen LogP contribution in [0.2, 0.25) is 0 Å². The van der Waals surface area contributed by atoms with Gasteiger partial charge < -0.3 is 10.2 Å². The van der Waals surface area contributed by atoms with E-state index in [9.17, 15) is 5.11 Å². The van der Waals surface area contributed by atoms with Crippen LogP contribution in [-0.2, 0) is 4.84 Å². The molecule has 72 valence electrons. The van der Waals surface area contributed by atoms with Crippen LogP contribution in [-0.4, -0.2) is 46.7 Å². The molecule has 0 aromatic heterocycles. The highest BCUT2D eigenvalue weighted by Crippen LogP contribution is 2.11. The van der Waals surface area contributed by atoms with E-state index in [0.717, 1.165) is 0 Å². The minimum absolute atomic E-state index is 0.369. The predicted molar refractivity (Wildman–Crippen MR) is 44.4 cm³/mol. The largest absolute Gasteiger partial charge is 0.390 e. The summed E-state index contributed by atoms with van der Waals surface area (Å²) in [5.74, 6) is 0. The zero-order valence-electron chi connectivity index (χ0n) is 7.66. The van der Waals surface area contributed by atoms with Gasteiger partial charge in [0.1, 0.15) is 0 Å². The van der Waals surface area contributed by atoms with Crippen molar-refractivity contribution in [3.63, 3.8) is 0 Å². The first kappa shape index (κ1) is 9.92. The Morgan fingerprint density at radius 3 is 2.67 bits per heavy atom. The number of aliphatic hydroxyl groups is 2. The van der Waals surface area contributed by atoms with E-state index in [4.69, 9.17) is 9.94 Å². The highest BCUT2D eigenvalue weighted by Gasteiger charge is 2.23. The van der Waals surface area contributed by atoms with E-state index in [2.05, 4.69) is 0 Å². The van der Waals surface area contributed by atoms with Crippen molar-refractivity contribution < 1.29 is 15.1 Å². The first-order valence-corrected chi connectivity index (χ1v) is 4.26. The molecular formula is C8H17NO3. The number of hydrogen-bond acceptors (Lipinski definition) is 4. The first-order valence-electron chi connectivity index (χ1n) is 4.26. The molecule has 1 saturated heterocycles. The third-order valence-electron chi connectivity index (χ3n) is 1.84. The topological polar surface area (TPSA) is 52.9 Å². The monoisotopic (exact) mass is 175 g/mol. The molecular weight excluding hydrogens is 158 g/mol. The highest BCUT2D eigenvalue weighted by atomic mass is 16.7. The van der Waals surface area contributed by atoms with Crippen LogP contribution in [0.4, 0.5) is 0 Å². The molecule has 1 heterocycles. The Balaban J connectivity index is 2.16. The molecule has 1 fully saturated rings. The van der Waals surface area contributed by atoms with Crippen molar-refractivity contribution in [1.29, 1.82) is 0 Å². The summed E-state index contributed by atoms with van der Waals surface area (Å²) < 4.78 is 0. The second kappa shape index (κ2) is 3.70. The zero-order valence-corrected chi connectivity index (χ0v) is 7.66. The third kappa shape index (κ3) is 3.49. The lowest BCUT2D eigenvalue weighted by atomic mass is 10.1. The maximum atomic E-state index is 9.40. The Morgan fingerprint density at radius 2 is 2.25 bits per heavy atom. The van der Waals surface area contributed by atoms with Crippen LogP contribution in [0.1, 0.15) is 20.3 Å². The highest BCUT2D eigenvalue weighted by molar-refractivity contribution is 4.70. The summed E-state index contributed by atoms with van der Waals surface area (Å²) in [5.41, 5.74) is -0.656. The molecule has 0 aromatic rings. The summed E-state index contributed by atoms with van der Waals surface area (Å²) in [5, 5.41) is 20.2. The SMILES string of the molecule is CC(C)(O)CCN1CC(O)CO1. The lowest BCUT2D eigenvalue weighted by Crippen LogP contribution is -2.29. The Kier molecular flexibility index (Phi) is 3.06. The van der Waals surface area contributed by atoms with Crippen molar-refractivity contribution >= 4 is 0 Å². The molecule has 1 aliphatic heterocycles. The minimum atomic E-state index is -0.656. The third-order valence-corrected chi connectivity index (χ3v) is 1.84. The average Bonchev–Trinajstić information content (AvgIpc) is 2.30. The second-order valence-electron chi connectivity index (χ2n) is 3.90. The molecule has 1 aliphatic rings. The standard InChI is InChI=1S/C8H17NO3/c1-8(2,11)3-4-9-5-7(10)6-12-9/h7,10-11H,3-6H2,1-2H3. The van der Waals surface area contributed by atoms with E-state index in [-0.39, 0.29) is 6.10 Å². The number of β-amino-alcohol motifs (C(OH)–C–C–N with tert-alkyl or cyclic N) is 1. The van der Waals surface area contributed by atoms with Crippen LogP contribution in [0.5, 0.6) is 0 Å². The molecule has 0 aliphatic carbocycles. The van der Waals surface area contributed by atoms with Crippen molar-refractivity contribution in [3.8, 4) is 0 Å². The summed E-state index contributed by atoms with van der Waals surface area (Å²) in [7, 11) is 0. The molecule has 2 N–H and O–H groups in total. The van der Waals surface area contributed by atoms with Crippen molar-refractivity contribution in [2.45, 2.75) is 32.0 Å². The fourth-order valence-corrected chi connectivity index (χ4v) is 1.09. The predicted octanol–water partition coefficient (Wildman–Crippen LogP) is -0.245. The maximum Gasteiger partial charge on any atom is 0.0958 e. The number of hydroxylamine groups is 2. The molecule has 0 spiro atoms. The molecule has 0 amide bonds. The van der Waals surface area contributed by atoms with Gasteiger partial charge in [-0.15, -0.1) is 0 Å². The molecule has 4 nitrogen and oxygen atoms in total. The van der Waals surface area contributed by atoms with Crippen LogP contribution in [0.15, 0.2) is 0 Å². The van der Waals surface area contributed by atoms with Crippen LogP contribution in [0.25, 0.3) is 0 Å². The summed E-state index contributed by atoms with van der Waals surface area (Å²) in [6, 6.07) is 0. The van der Waals surface area contributed by atoms with E-state index in [1.807, 2.05) is 0 Å². The van der Waals surface area contributed by atoms with Crippen molar-refractivity contribution in [2.24, 2.45) is 0 Å². The van der Waals surface area contributed by atoms with Crippen molar-refractivity contribution in [2.75, 3.05) is 19.7 Å². The van der Waals surface area contributed by atoms with Crippen LogP contribution >= 0.6 is 0 Å². The smallest absolute Gasteiger partial charge is 0.0958 e. The lowest BCUT2D eigenvalue weighted by Gasteiger charge is -2.20. The summed E-state index contributed by atoms with van der Waals surface area (Å²) in [6.45, 7) is 5.13. The summed E-state index contributed by atoms with van der Waals surface area (Å²) >= 11 is 0. The first-order chi connectivity index (χ1) is 5.47. The normalized spacial score (nSPS) is 26.5. The fraction of sp³-hybridized carbons (Fsp3) is 1.00. The second-order valence-corrected chi connectivity index (χ2v) is 3.90. The molecule has 0 aromatic carbocycles. The van der Waals surface area contributed by atoms with E-state index in [1.165, 1.54) is 0 Å². The van der Waals surface area contributed by atoms with Gasteiger partial charge in [0.15, 0.2) is 0 Å². The summed E-state index contributed by atoms with van der Waals surface area (Å²) in [4.78, 5) is 5.13. The average molecular weight is 175 g/mol. The number of nitrogens with zero attached hydrogens (tertiary/aromatic N) is 1. The molecule has 1 atom stereocenters. The minimum Gasteiger partial charge on any atom is -0.390 e. The molecule has 1 unspecified atom stereocenters. The Labute approximate surface area is 72.7 Å². The molecule has 0 bridgehead atoms. The number of hydrogen-bond donors (Lipinski definition) is 2. The van der Waals surface area contributed by atoms with Crippen molar-refractivity contribution in [3.05, 3.63) is 0 Å². The molecule has 4 heteroatoms. The molecule has 1 rings (SSSR count). The molecule has 0 radical (unpaired) electrons. The quantitative estimate of drug-likeness (QED) is 0.621. The van der Waals surface area contributed by atoms with Gasteiger partial charge in [0, 0.05) is 6.54 Å². The van der Waals surface area contributed by atoms with Crippen LogP contribution in [0.3, 0.4) is 0 Å².